The monoisotopic (exact) mass is 353 g/mol. The maximum absolute atomic E-state index is 12.7. The molecule has 0 unspecified atom stereocenters. The van der Waals surface area contributed by atoms with Gasteiger partial charge in [0, 0.05) is 31.9 Å². The number of para-hydroxylation sites is 2. The maximum atomic E-state index is 12.7. The lowest BCUT2D eigenvalue weighted by Crippen LogP contribution is -2.52. The molecule has 136 valence electrons. The van der Waals surface area contributed by atoms with E-state index in [-0.39, 0.29) is 11.5 Å². The standard InChI is InChI=1S/C20H23N3O3/c1-15(26-18-10-6-5-9-17(18)19(21)24)20(25)23-13-11-22(12-14-23)16-7-3-2-4-8-16/h2-10,15H,11-14H2,1H3,(H2,21,24)/t15-/m1/s1. The van der Waals surface area contributed by atoms with Gasteiger partial charge in [0.15, 0.2) is 6.10 Å². The van der Waals surface area contributed by atoms with Gasteiger partial charge in [-0.15, -0.1) is 0 Å². The van der Waals surface area contributed by atoms with Gasteiger partial charge in [-0.2, -0.15) is 0 Å². The number of anilines is 1. The van der Waals surface area contributed by atoms with Crippen LogP contribution in [0.15, 0.2) is 54.6 Å². The van der Waals surface area contributed by atoms with E-state index in [0.29, 0.717) is 18.8 Å². The van der Waals surface area contributed by atoms with E-state index in [0.717, 1.165) is 13.1 Å². The molecule has 1 atom stereocenters. The van der Waals surface area contributed by atoms with Crippen LogP contribution in [0.25, 0.3) is 0 Å². The number of primary amides is 1. The van der Waals surface area contributed by atoms with Crippen LogP contribution in [0.3, 0.4) is 0 Å². The van der Waals surface area contributed by atoms with Crippen LogP contribution in [0.5, 0.6) is 5.75 Å². The average molecular weight is 353 g/mol. The number of benzene rings is 2. The van der Waals surface area contributed by atoms with Gasteiger partial charge in [-0.05, 0) is 31.2 Å². The smallest absolute Gasteiger partial charge is 0.263 e. The van der Waals surface area contributed by atoms with E-state index < -0.39 is 12.0 Å². The topological polar surface area (TPSA) is 75.9 Å². The third-order valence-electron chi connectivity index (χ3n) is 4.52. The molecule has 1 aliphatic heterocycles. The molecule has 6 heteroatoms. The normalized spacial score (nSPS) is 15.4. The Kier molecular flexibility index (Phi) is 5.41. The Bertz CT molecular complexity index is 771. The van der Waals surface area contributed by atoms with Crippen LogP contribution in [0.2, 0.25) is 0 Å². The molecule has 0 bridgehead atoms. The fourth-order valence-corrected chi connectivity index (χ4v) is 3.09. The van der Waals surface area contributed by atoms with Gasteiger partial charge in [0.2, 0.25) is 0 Å². The van der Waals surface area contributed by atoms with E-state index in [4.69, 9.17) is 10.5 Å². The van der Waals surface area contributed by atoms with Gasteiger partial charge in [-0.3, -0.25) is 9.59 Å². The molecular weight excluding hydrogens is 330 g/mol. The predicted octanol–water partition coefficient (Wildman–Crippen LogP) is 1.90. The van der Waals surface area contributed by atoms with Crippen LogP contribution >= 0.6 is 0 Å². The summed E-state index contributed by atoms with van der Waals surface area (Å²) in [7, 11) is 0. The highest BCUT2D eigenvalue weighted by Gasteiger charge is 2.26. The van der Waals surface area contributed by atoms with Crippen molar-refractivity contribution in [1.29, 1.82) is 0 Å². The van der Waals surface area contributed by atoms with Crippen LogP contribution in [-0.4, -0.2) is 49.0 Å². The number of piperazine rings is 1. The summed E-state index contributed by atoms with van der Waals surface area (Å²) in [5.74, 6) is -0.322. The molecule has 1 fully saturated rings. The SMILES string of the molecule is C[C@@H](Oc1ccccc1C(N)=O)C(=O)N1CCN(c2ccccc2)CC1. The lowest BCUT2D eigenvalue weighted by Gasteiger charge is -2.37. The number of carbonyl (C=O) groups excluding carboxylic acids is 2. The molecule has 6 nitrogen and oxygen atoms in total. The average Bonchev–Trinajstić information content (AvgIpc) is 2.68. The zero-order valence-electron chi connectivity index (χ0n) is 14.8. The van der Waals surface area contributed by atoms with Crippen molar-refractivity contribution >= 4 is 17.5 Å². The molecule has 2 aromatic rings. The molecule has 26 heavy (non-hydrogen) atoms. The Hall–Kier alpha value is -3.02. The molecule has 1 heterocycles. The van der Waals surface area contributed by atoms with Gasteiger partial charge in [0.05, 0.1) is 5.56 Å². The fraction of sp³-hybridized carbons (Fsp3) is 0.300. The molecule has 0 aliphatic carbocycles. The third-order valence-corrected chi connectivity index (χ3v) is 4.52. The highest BCUT2D eigenvalue weighted by Crippen LogP contribution is 2.20. The molecule has 1 aliphatic rings. The van der Waals surface area contributed by atoms with Gasteiger partial charge in [0.1, 0.15) is 5.75 Å². The molecule has 2 N–H and O–H groups in total. The number of amides is 2. The number of hydrogen-bond acceptors (Lipinski definition) is 4. The largest absolute Gasteiger partial charge is 0.480 e. The molecule has 0 radical (unpaired) electrons. The lowest BCUT2D eigenvalue weighted by atomic mass is 10.2. The lowest BCUT2D eigenvalue weighted by molar-refractivity contribution is -0.138. The predicted molar refractivity (Wildman–Crippen MR) is 100 cm³/mol. The first-order chi connectivity index (χ1) is 12.6. The first-order valence-electron chi connectivity index (χ1n) is 8.70. The van der Waals surface area contributed by atoms with Gasteiger partial charge >= 0.3 is 0 Å². The number of hydrogen-bond donors (Lipinski definition) is 1. The highest BCUT2D eigenvalue weighted by molar-refractivity contribution is 5.95. The molecular formula is C20H23N3O3. The minimum atomic E-state index is -0.682. The van der Waals surface area contributed by atoms with Crippen molar-refractivity contribution in [3.8, 4) is 5.75 Å². The highest BCUT2D eigenvalue weighted by atomic mass is 16.5. The Morgan fingerprint density at radius 2 is 1.58 bits per heavy atom. The van der Waals surface area contributed by atoms with Crippen molar-refractivity contribution in [3.63, 3.8) is 0 Å². The Balaban J connectivity index is 1.59. The molecule has 2 aromatic carbocycles. The van der Waals surface area contributed by atoms with Gasteiger partial charge in [0.25, 0.3) is 11.8 Å². The molecule has 0 aromatic heterocycles. The van der Waals surface area contributed by atoms with E-state index in [1.54, 1.807) is 36.1 Å². The number of rotatable bonds is 5. The summed E-state index contributed by atoms with van der Waals surface area (Å²) in [5.41, 5.74) is 6.80. The minimum Gasteiger partial charge on any atom is -0.480 e. The van der Waals surface area contributed by atoms with E-state index in [2.05, 4.69) is 17.0 Å². The maximum Gasteiger partial charge on any atom is 0.263 e. The van der Waals surface area contributed by atoms with Crippen LogP contribution in [0, 0.1) is 0 Å². The first-order valence-corrected chi connectivity index (χ1v) is 8.70. The van der Waals surface area contributed by atoms with Crippen LogP contribution in [0.4, 0.5) is 5.69 Å². The summed E-state index contributed by atoms with van der Waals surface area (Å²) < 4.78 is 5.73. The van der Waals surface area contributed by atoms with Crippen molar-refractivity contribution < 1.29 is 14.3 Å². The zero-order chi connectivity index (χ0) is 18.5. The van der Waals surface area contributed by atoms with Crippen LogP contribution in [0.1, 0.15) is 17.3 Å². The van der Waals surface area contributed by atoms with Crippen molar-refractivity contribution in [2.75, 3.05) is 31.1 Å². The Labute approximate surface area is 153 Å². The number of nitrogens with zero attached hydrogens (tertiary/aromatic N) is 2. The summed E-state index contributed by atoms with van der Waals surface area (Å²) in [6.07, 6.45) is -0.682. The van der Waals surface area contributed by atoms with E-state index in [1.165, 1.54) is 5.69 Å². The Morgan fingerprint density at radius 3 is 2.23 bits per heavy atom. The van der Waals surface area contributed by atoms with E-state index in [1.807, 2.05) is 18.2 Å². The van der Waals surface area contributed by atoms with Crippen molar-refractivity contribution in [1.82, 2.24) is 4.90 Å². The molecule has 2 amide bonds. The van der Waals surface area contributed by atoms with Crippen LogP contribution in [-0.2, 0) is 4.79 Å². The second-order valence-corrected chi connectivity index (χ2v) is 6.27. The summed E-state index contributed by atoms with van der Waals surface area (Å²) >= 11 is 0. The van der Waals surface area contributed by atoms with Gasteiger partial charge < -0.3 is 20.3 Å². The second-order valence-electron chi connectivity index (χ2n) is 6.27. The second kappa shape index (κ2) is 7.91. The van der Waals surface area contributed by atoms with E-state index >= 15 is 0 Å². The van der Waals surface area contributed by atoms with E-state index in [9.17, 15) is 9.59 Å². The summed E-state index contributed by atoms with van der Waals surface area (Å²) in [5, 5.41) is 0. The van der Waals surface area contributed by atoms with Crippen molar-refractivity contribution in [2.45, 2.75) is 13.0 Å². The van der Waals surface area contributed by atoms with Crippen molar-refractivity contribution in [3.05, 3.63) is 60.2 Å². The summed E-state index contributed by atoms with van der Waals surface area (Å²) in [4.78, 5) is 28.2. The third kappa shape index (κ3) is 3.96. The zero-order valence-corrected chi connectivity index (χ0v) is 14.8. The Morgan fingerprint density at radius 1 is 0.962 bits per heavy atom. The fourth-order valence-electron chi connectivity index (χ4n) is 3.09. The first kappa shape index (κ1) is 17.8. The summed E-state index contributed by atoms with van der Waals surface area (Å²) in [6, 6.07) is 16.9. The number of carbonyl (C=O) groups is 2. The van der Waals surface area contributed by atoms with Crippen LogP contribution < -0.4 is 15.4 Å². The number of ether oxygens (including phenoxy) is 1. The molecule has 1 saturated heterocycles. The molecule has 3 rings (SSSR count). The molecule has 0 spiro atoms. The van der Waals surface area contributed by atoms with Gasteiger partial charge in [-0.25, -0.2) is 0 Å². The minimum absolute atomic E-state index is 0.0861. The molecule has 0 saturated carbocycles. The summed E-state index contributed by atoms with van der Waals surface area (Å²) in [6.45, 7) is 4.53. The van der Waals surface area contributed by atoms with Gasteiger partial charge in [-0.1, -0.05) is 30.3 Å². The number of nitrogens with two attached hydrogens (primary N) is 1. The van der Waals surface area contributed by atoms with Crippen molar-refractivity contribution in [2.24, 2.45) is 5.73 Å². The quantitative estimate of drug-likeness (QED) is 0.891.